The fraction of sp³-hybridized carbons (Fsp3) is 0. The first-order chi connectivity index (χ1) is 28.3. The smallest absolute Gasteiger partial charge is 0.0640 e. The van der Waals surface area contributed by atoms with Crippen molar-refractivity contribution in [1.29, 1.82) is 0 Å². The molecule has 0 fully saturated rings. The molecule has 0 atom stereocenters. The van der Waals surface area contributed by atoms with E-state index in [0.717, 1.165) is 11.4 Å². The fourth-order valence-corrected chi connectivity index (χ4v) is 10.5. The summed E-state index contributed by atoms with van der Waals surface area (Å²) in [4.78, 5) is 2.51. The van der Waals surface area contributed by atoms with Gasteiger partial charge in [-0.3, -0.25) is 0 Å². The Bertz CT molecular complexity index is 3530. The van der Waals surface area contributed by atoms with Gasteiger partial charge in [-0.2, -0.15) is 0 Å². The van der Waals surface area contributed by atoms with Crippen molar-refractivity contribution in [2.75, 3.05) is 4.90 Å². The summed E-state index contributed by atoms with van der Waals surface area (Å²) in [6.07, 6.45) is 0. The monoisotopic (exact) mass is 742 g/mol. The SMILES string of the molecule is c1ccc2cc(-c3ccc(N(c4cccc5c4sc4c6ccccc6ccc54)c4cccc5c4c4ccccc4n5-c4cccc5ccccc45)cc3)ccc2c1. The molecule has 2 nitrogen and oxygen atoms in total. The Balaban J connectivity index is 1.14. The molecule has 0 unspecified atom stereocenters. The van der Waals surface area contributed by atoms with Crippen molar-refractivity contribution in [3.05, 3.63) is 206 Å². The predicted molar refractivity (Wildman–Crippen MR) is 246 cm³/mol. The molecule has 12 rings (SSSR count). The van der Waals surface area contributed by atoms with Crippen LogP contribution in [0.2, 0.25) is 0 Å². The van der Waals surface area contributed by atoms with Crippen molar-refractivity contribution in [2.24, 2.45) is 0 Å². The van der Waals surface area contributed by atoms with Crippen molar-refractivity contribution in [3.63, 3.8) is 0 Å². The number of thiophene rings is 1. The van der Waals surface area contributed by atoms with Crippen molar-refractivity contribution in [2.45, 2.75) is 0 Å². The summed E-state index contributed by atoms with van der Waals surface area (Å²) < 4.78 is 5.06. The first kappa shape index (κ1) is 32.1. The van der Waals surface area contributed by atoms with Gasteiger partial charge in [0.05, 0.1) is 32.8 Å². The van der Waals surface area contributed by atoms with Gasteiger partial charge < -0.3 is 9.47 Å². The molecule has 0 radical (unpaired) electrons. The minimum absolute atomic E-state index is 1.11. The van der Waals surface area contributed by atoms with Crippen molar-refractivity contribution in [3.8, 4) is 16.8 Å². The number of anilines is 3. The summed E-state index contributed by atoms with van der Waals surface area (Å²) in [5, 5.41) is 12.6. The molecule has 0 bridgehead atoms. The number of hydrogen-bond acceptors (Lipinski definition) is 2. The van der Waals surface area contributed by atoms with E-state index in [1.165, 1.54) is 96.8 Å². The van der Waals surface area contributed by atoms with E-state index in [2.05, 4.69) is 216 Å². The molecule has 0 N–H and O–H groups in total. The Hall–Kier alpha value is -7.20. The Kier molecular flexibility index (Phi) is 7.13. The minimum atomic E-state index is 1.11. The fourth-order valence-electron chi connectivity index (χ4n) is 9.12. The van der Waals surface area contributed by atoms with E-state index in [1.54, 1.807) is 0 Å². The third kappa shape index (κ3) is 4.96. The van der Waals surface area contributed by atoms with Gasteiger partial charge in [0.2, 0.25) is 0 Å². The zero-order valence-electron chi connectivity index (χ0n) is 30.9. The third-order valence-corrected chi connectivity index (χ3v) is 13.0. The van der Waals surface area contributed by atoms with Crippen molar-refractivity contribution in [1.82, 2.24) is 4.57 Å². The van der Waals surface area contributed by atoms with Crippen LogP contribution in [-0.4, -0.2) is 4.57 Å². The second kappa shape index (κ2) is 12.7. The van der Waals surface area contributed by atoms with Gasteiger partial charge >= 0.3 is 0 Å². The third-order valence-electron chi connectivity index (χ3n) is 11.7. The highest BCUT2D eigenvalue weighted by Crippen LogP contribution is 2.49. The molecule has 3 heteroatoms. The van der Waals surface area contributed by atoms with E-state index in [1.807, 2.05) is 11.3 Å². The van der Waals surface area contributed by atoms with Crippen LogP contribution in [0, 0.1) is 0 Å². The molecule has 0 aliphatic heterocycles. The molecule has 0 saturated carbocycles. The summed E-state index contributed by atoms with van der Waals surface area (Å²) in [7, 11) is 0. The summed E-state index contributed by atoms with van der Waals surface area (Å²) >= 11 is 1.90. The van der Waals surface area contributed by atoms with Gasteiger partial charge in [0.15, 0.2) is 0 Å². The molecule has 10 aromatic carbocycles. The molecule has 0 aliphatic rings. The standard InChI is InChI=1S/C54H34N2S/c1-2-15-39-34-40(27-26-35(39)12-1)36-28-31-41(32-29-36)55(51-25-10-20-44-45-33-30-38-14-4-6-18-43(38)53(45)57-54(44)51)49-23-11-24-50-52(49)46-19-7-8-21-48(46)56(50)47-22-9-16-37-13-3-5-17-42(37)47/h1-34H. The zero-order valence-corrected chi connectivity index (χ0v) is 31.7. The maximum absolute atomic E-state index is 2.51. The first-order valence-electron chi connectivity index (χ1n) is 19.5. The number of rotatable bonds is 5. The Morgan fingerprint density at radius 2 is 0.930 bits per heavy atom. The van der Waals surface area contributed by atoms with Gasteiger partial charge in [0.25, 0.3) is 0 Å². The van der Waals surface area contributed by atoms with Crippen LogP contribution in [0.1, 0.15) is 0 Å². The first-order valence-corrected chi connectivity index (χ1v) is 20.3. The van der Waals surface area contributed by atoms with Crippen LogP contribution in [0.3, 0.4) is 0 Å². The number of para-hydroxylation sites is 1. The lowest BCUT2D eigenvalue weighted by Gasteiger charge is -2.27. The van der Waals surface area contributed by atoms with E-state index in [0.29, 0.717) is 0 Å². The van der Waals surface area contributed by atoms with Crippen molar-refractivity contribution >= 4 is 103 Å². The number of hydrogen-bond donors (Lipinski definition) is 0. The average Bonchev–Trinajstić information content (AvgIpc) is 3.84. The highest BCUT2D eigenvalue weighted by Gasteiger charge is 2.24. The summed E-state index contributed by atoms with van der Waals surface area (Å²) in [5.41, 5.74) is 9.39. The topological polar surface area (TPSA) is 8.17 Å². The minimum Gasteiger partial charge on any atom is -0.309 e. The second-order valence-electron chi connectivity index (χ2n) is 14.9. The number of fused-ring (bicyclic) bond motifs is 10. The lowest BCUT2D eigenvalue weighted by atomic mass is 10.0. The van der Waals surface area contributed by atoms with E-state index >= 15 is 0 Å². The van der Waals surface area contributed by atoms with Gasteiger partial charge in [0.1, 0.15) is 0 Å². The molecule has 266 valence electrons. The van der Waals surface area contributed by atoms with Gasteiger partial charge in [-0.25, -0.2) is 0 Å². The molecule has 2 aromatic heterocycles. The van der Waals surface area contributed by atoms with E-state index in [9.17, 15) is 0 Å². The van der Waals surface area contributed by atoms with Gasteiger partial charge in [-0.05, 0) is 86.6 Å². The maximum atomic E-state index is 2.51. The number of nitrogens with zero attached hydrogens (tertiary/aromatic N) is 2. The van der Waals surface area contributed by atoms with Crippen molar-refractivity contribution < 1.29 is 0 Å². The molecular formula is C54H34N2S. The number of aromatic nitrogens is 1. The molecule has 0 saturated heterocycles. The maximum Gasteiger partial charge on any atom is 0.0640 e. The van der Waals surface area contributed by atoms with Crippen LogP contribution in [0.25, 0.3) is 91.1 Å². The van der Waals surface area contributed by atoms with Gasteiger partial charge in [-0.15, -0.1) is 11.3 Å². The summed E-state index contributed by atoms with van der Waals surface area (Å²) in [6, 6.07) is 75.7. The van der Waals surface area contributed by atoms with E-state index in [-0.39, 0.29) is 0 Å². The quantitative estimate of drug-likeness (QED) is 0.170. The normalized spacial score (nSPS) is 11.9. The van der Waals surface area contributed by atoms with E-state index < -0.39 is 0 Å². The average molecular weight is 743 g/mol. The molecule has 0 spiro atoms. The van der Waals surface area contributed by atoms with Crippen LogP contribution in [0.4, 0.5) is 17.1 Å². The molecule has 57 heavy (non-hydrogen) atoms. The molecule has 0 aliphatic carbocycles. The van der Waals surface area contributed by atoms with Crippen LogP contribution >= 0.6 is 11.3 Å². The highest BCUT2D eigenvalue weighted by atomic mass is 32.1. The summed E-state index contributed by atoms with van der Waals surface area (Å²) in [6.45, 7) is 0. The summed E-state index contributed by atoms with van der Waals surface area (Å²) in [5.74, 6) is 0. The Morgan fingerprint density at radius 1 is 0.351 bits per heavy atom. The second-order valence-corrected chi connectivity index (χ2v) is 15.9. The predicted octanol–water partition coefficient (Wildman–Crippen LogP) is 15.7. The highest BCUT2D eigenvalue weighted by molar-refractivity contribution is 7.27. The largest absolute Gasteiger partial charge is 0.309 e. The molecular weight excluding hydrogens is 709 g/mol. The lowest BCUT2D eigenvalue weighted by Crippen LogP contribution is -2.10. The van der Waals surface area contributed by atoms with Gasteiger partial charge in [-0.1, -0.05) is 158 Å². The van der Waals surface area contributed by atoms with Crippen LogP contribution in [-0.2, 0) is 0 Å². The van der Waals surface area contributed by atoms with Gasteiger partial charge in [0, 0.05) is 37.3 Å². The lowest BCUT2D eigenvalue weighted by molar-refractivity contribution is 1.20. The van der Waals surface area contributed by atoms with Crippen LogP contribution in [0.15, 0.2) is 206 Å². The molecule has 2 heterocycles. The van der Waals surface area contributed by atoms with E-state index in [4.69, 9.17) is 0 Å². The molecule has 12 aromatic rings. The zero-order chi connectivity index (χ0) is 37.5. The Labute approximate surface area is 333 Å². The Morgan fingerprint density at radius 3 is 1.79 bits per heavy atom. The number of benzene rings is 10. The van der Waals surface area contributed by atoms with Crippen LogP contribution in [0.5, 0.6) is 0 Å². The molecule has 0 amide bonds. The van der Waals surface area contributed by atoms with Crippen LogP contribution < -0.4 is 4.90 Å².